The standard InChI is InChI=1S/C24H25N3O3/c25-20-9-5-11-22(28)23(20)30-16-19-8-4-10-21(26-19)24(29)27-14-12-18(13-15-27)17-6-2-1-3-7-17/h1-11,18,28H,12-16,25H2. The number of rotatable bonds is 5. The van der Waals surface area contributed by atoms with Crippen LogP contribution in [0.3, 0.4) is 0 Å². The van der Waals surface area contributed by atoms with E-state index in [1.807, 2.05) is 11.0 Å². The van der Waals surface area contributed by atoms with Gasteiger partial charge in [-0.05, 0) is 48.6 Å². The third kappa shape index (κ3) is 4.38. The van der Waals surface area contributed by atoms with E-state index in [4.69, 9.17) is 10.5 Å². The van der Waals surface area contributed by atoms with Crippen LogP contribution in [0, 0.1) is 0 Å². The number of nitrogen functional groups attached to an aromatic ring is 1. The second-order valence-corrected chi connectivity index (χ2v) is 7.48. The number of para-hydroxylation sites is 1. The molecule has 154 valence electrons. The van der Waals surface area contributed by atoms with Gasteiger partial charge in [0.2, 0.25) is 0 Å². The van der Waals surface area contributed by atoms with Crippen LogP contribution >= 0.6 is 0 Å². The van der Waals surface area contributed by atoms with Gasteiger partial charge in [0, 0.05) is 13.1 Å². The Bertz CT molecular complexity index is 995. The first-order chi connectivity index (χ1) is 14.6. The molecule has 4 rings (SSSR count). The van der Waals surface area contributed by atoms with E-state index in [1.54, 1.807) is 30.3 Å². The Balaban J connectivity index is 1.38. The maximum absolute atomic E-state index is 12.9. The normalized spacial score (nSPS) is 14.5. The molecule has 0 spiro atoms. The molecule has 0 bridgehead atoms. The summed E-state index contributed by atoms with van der Waals surface area (Å²) >= 11 is 0. The molecular weight excluding hydrogens is 378 g/mol. The van der Waals surface area contributed by atoms with Gasteiger partial charge in [-0.1, -0.05) is 42.5 Å². The molecule has 1 aromatic heterocycles. The molecule has 2 heterocycles. The van der Waals surface area contributed by atoms with Gasteiger partial charge < -0.3 is 20.5 Å². The zero-order valence-electron chi connectivity index (χ0n) is 16.7. The number of aromatic hydroxyl groups is 1. The monoisotopic (exact) mass is 403 g/mol. The number of ether oxygens (including phenoxy) is 1. The molecule has 1 amide bonds. The molecule has 6 heteroatoms. The van der Waals surface area contributed by atoms with E-state index < -0.39 is 0 Å². The molecule has 2 aromatic carbocycles. The predicted octanol–water partition coefficient (Wildman–Crippen LogP) is 3.97. The van der Waals surface area contributed by atoms with Crippen molar-refractivity contribution < 1.29 is 14.6 Å². The summed E-state index contributed by atoms with van der Waals surface area (Å²) in [6.07, 6.45) is 1.90. The fraction of sp³-hybridized carbons (Fsp3) is 0.250. The molecule has 0 aliphatic carbocycles. The van der Waals surface area contributed by atoms with Crippen molar-refractivity contribution in [3.8, 4) is 11.5 Å². The molecule has 0 atom stereocenters. The number of carbonyl (C=O) groups is 1. The van der Waals surface area contributed by atoms with Gasteiger partial charge in [-0.3, -0.25) is 4.79 Å². The molecule has 3 aromatic rings. The Morgan fingerprint density at radius 2 is 1.77 bits per heavy atom. The minimum absolute atomic E-state index is 0.0245. The van der Waals surface area contributed by atoms with Gasteiger partial charge in [0.1, 0.15) is 12.3 Å². The molecular formula is C24H25N3O3. The number of benzene rings is 2. The molecule has 0 saturated carbocycles. The van der Waals surface area contributed by atoms with Gasteiger partial charge in [-0.15, -0.1) is 0 Å². The highest BCUT2D eigenvalue weighted by atomic mass is 16.5. The number of nitrogens with zero attached hydrogens (tertiary/aromatic N) is 2. The average molecular weight is 403 g/mol. The van der Waals surface area contributed by atoms with Gasteiger partial charge >= 0.3 is 0 Å². The number of likely N-dealkylation sites (tertiary alicyclic amines) is 1. The van der Waals surface area contributed by atoms with Crippen LogP contribution in [0.25, 0.3) is 0 Å². The number of anilines is 1. The lowest BCUT2D eigenvalue weighted by Crippen LogP contribution is -2.38. The van der Waals surface area contributed by atoms with Crippen LogP contribution in [0.5, 0.6) is 11.5 Å². The highest BCUT2D eigenvalue weighted by Crippen LogP contribution is 2.32. The van der Waals surface area contributed by atoms with Crippen molar-refractivity contribution in [1.82, 2.24) is 9.88 Å². The maximum atomic E-state index is 12.9. The third-order valence-corrected chi connectivity index (χ3v) is 5.47. The van der Waals surface area contributed by atoms with Gasteiger partial charge in [-0.25, -0.2) is 4.98 Å². The molecule has 3 N–H and O–H groups in total. The second-order valence-electron chi connectivity index (χ2n) is 7.48. The number of hydrogen-bond donors (Lipinski definition) is 2. The van der Waals surface area contributed by atoms with E-state index in [0.717, 1.165) is 25.9 Å². The number of phenols is 1. The van der Waals surface area contributed by atoms with Crippen LogP contribution in [0.1, 0.15) is 40.5 Å². The second kappa shape index (κ2) is 8.86. The highest BCUT2D eigenvalue weighted by molar-refractivity contribution is 5.92. The number of amides is 1. The van der Waals surface area contributed by atoms with Gasteiger partial charge in [0.15, 0.2) is 11.5 Å². The minimum atomic E-state index is -0.0644. The highest BCUT2D eigenvalue weighted by Gasteiger charge is 2.25. The zero-order valence-corrected chi connectivity index (χ0v) is 16.7. The lowest BCUT2D eigenvalue weighted by Gasteiger charge is -2.32. The summed E-state index contributed by atoms with van der Waals surface area (Å²) in [7, 11) is 0. The Morgan fingerprint density at radius 3 is 2.50 bits per heavy atom. The fourth-order valence-corrected chi connectivity index (χ4v) is 3.83. The Morgan fingerprint density at radius 1 is 1.03 bits per heavy atom. The van der Waals surface area contributed by atoms with E-state index in [1.165, 1.54) is 11.6 Å². The summed E-state index contributed by atoms with van der Waals surface area (Å²) in [4.78, 5) is 19.3. The van der Waals surface area contributed by atoms with E-state index in [2.05, 4.69) is 29.2 Å². The number of phenolic OH excluding ortho intramolecular Hbond substituents is 1. The van der Waals surface area contributed by atoms with E-state index in [0.29, 0.717) is 23.0 Å². The Kier molecular flexibility index (Phi) is 5.84. The van der Waals surface area contributed by atoms with Crippen molar-refractivity contribution >= 4 is 11.6 Å². The lowest BCUT2D eigenvalue weighted by molar-refractivity contribution is 0.0706. The van der Waals surface area contributed by atoms with Crippen molar-refractivity contribution in [1.29, 1.82) is 0 Å². The first-order valence-corrected chi connectivity index (χ1v) is 10.1. The van der Waals surface area contributed by atoms with E-state index >= 15 is 0 Å². The number of aromatic nitrogens is 1. The smallest absolute Gasteiger partial charge is 0.272 e. The Hall–Kier alpha value is -3.54. The van der Waals surface area contributed by atoms with Crippen LogP contribution in [0.4, 0.5) is 5.69 Å². The third-order valence-electron chi connectivity index (χ3n) is 5.47. The molecule has 1 aliphatic heterocycles. The average Bonchev–Trinajstić information content (AvgIpc) is 2.79. The summed E-state index contributed by atoms with van der Waals surface area (Å²) in [5, 5.41) is 9.90. The molecule has 1 fully saturated rings. The summed E-state index contributed by atoms with van der Waals surface area (Å²) in [6, 6.07) is 20.6. The number of hydrogen-bond acceptors (Lipinski definition) is 5. The molecule has 0 unspecified atom stereocenters. The lowest BCUT2D eigenvalue weighted by atomic mass is 9.89. The molecule has 30 heavy (non-hydrogen) atoms. The molecule has 1 saturated heterocycles. The summed E-state index contributed by atoms with van der Waals surface area (Å²) in [5.41, 5.74) is 8.54. The SMILES string of the molecule is Nc1cccc(O)c1OCc1cccc(C(=O)N2CCC(c3ccccc3)CC2)n1. The maximum Gasteiger partial charge on any atom is 0.272 e. The first-order valence-electron chi connectivity index (χ1n) is 10.1. The summed E-state index contributed by atoms with van der Waals surface area (Å²) in [5.74, 6) is 0.625. The summed E-state index contributed by atoms with van der Waals surface area (Å²) < 4.78 is 5.63. The van der Waals surface area contributed by atoms with Crippen LogP contribution in [-0.4, -0.2) is 34.0 Å². The Labute approximate surface area is 175 Å². The topological polar surface area (TPSA) is 88.7 Å². The first kappa shape index (κ1) is 19.8. The van der Waals surface area contributed by atoms with Gasteiger partial charge in [0.05, 0.1) is 11.4 Å². The van der Waals surface area contributed by atoms with Crippen LogP contribution in [0.15, 0.2) is 66.7 Å². The van der Waals surface area contributed by atoms with Crippen LogP contribution < -0.4 is 10.5 Å². The quantitative estimate of drug-likeness (QED) is 0.630. The van der Waals surface area contributed by atoms with Gasteiger partial charge in [0.25, 0.3) is 5.91 Å². The largest absolute Gasteiger partial charge is 0.504 e. The zero-order chi connectivity index (χ0) is 20.9. The van der Waals surface area contributed by atoms with Crippen molar-refractivity contribution in [2.45, 2.75) is 25.4 Å². The van der Waals surface area contributed by atoms with Gasteiger partial charge in [-0.2, -0.15) is 0 Å². The van der Waals surface area contributed by atoms with E-state index in [-0.39, 0.29) is 24.0 Å². The van der Waals surface area contributed by atoms with E-state index in [9.17, 15) is 9.90 Å². The van der Waals surface area contributed by atoms with Crippen molar-refractivity contribution in [3.63, 3.8) is 0 Å². The summed E-state index contributed by atoms with van der Waals surface area (Å²) in [6.45, 7) is 1.55. The number of piperidine rings is 1. The van der Waals surface area contributed by atoms with Crippen molar-refractivity contribution in [2.75, 3.05) is 18.8 Å². The fourth-order valence-electron chi connectivity index (χ4n) is 3.83. The number of carbonyl (C=O) groups excluding carboxylic acids is 1. The van der Waals surface area contributed by atoms with Crippen molar-refractivity contribution in [2.24, 2.45) is 0 Å². The van der Waals surface area contributed by atoms with Crippen LogP contribution in [0.2, 0.25) is 0 Å². The molecule has 6 nitrogen and oxygen atoms in total. The minimum Gasteiger partial charge on any atom is -0.504 e. The van der Waals surface area contributed by atoms with Crippen molar-refractivity contribution in [3.05, 3.63) is 83.7 Å². The van der Waals surface area contributed by atoms with Crippen LogP contribution in [-0.2, 0) is 6.61 Å². The number of pyridine rings is 1. The molecule has 0 radical (unpaired) electrons. The predicted molar refractivity (Wildman–Crippen MR) is 115 cm³/mol. The number of nitrogens with two attached hydrogens (primary N) is 1. The molecule has 1 aliphatic rings.